The summed E-state index contributed by atoms with van der Waals surface area (Å²) in [6.45, 7) is 7.41. The number of phenols is 1. The Morgan fingerprint density at radius 3 is 2.54 bits per heavy atom. The van der Waals surface area contributed by atoms with Gasteiger partial charge in [0.25, 0.3) is 5.91 Å². The molecule has 6 aliphatic heterocycles. The van der Waals surface area contributed by atoms with Crippen molar-refractivity contribution in [2.45, 2.75) is 61.6 Å². The Labute approximate surface area is 343 Å². The molecule has 6 aliphatic rings. The van der Waals surface area contributed by atoms with Crippen LogP contribution in [0.4, 0.5) is 11.4 Å². The lowest BCUT2D eigenvalue weighted by molar-refractivity contribution is -0.134. The minimum absolute atomic E-state index is 0.0655. The molecule has 4 fully saturated rings. The molecule has 1 spiro atoms. The molecule has 13 nitrogen and oxygen atoms in total. The van der Waals surface area contributed by atoms with Gasteiger partial charge in [-0.05, 0) is 73.1 Å². The van der Waals surface area contributed by atoms with E-state index in [4.69, 9.17) is 14.2 Å². The number of hydrogen-bond acceptors (Lipinski definition) is 11. The number of piperidine rings is 2. The number of anilines is 2. The number of piperazine rings is 1. The molecule has 4 aromatic rings. The van der Waals surface area contributed by atoms with Crippen LogP contribution in [0, 0.1) is 5.92 Å². The number of benzene rings is 3. The molecule has 13 heteroatoms. The number of ether oxygens (including phenoxy) is 3. The number of aromatic nitrogens is 1. The number of fused-ring (bicyclic) bond motifs is 4. The number of imide groups is 1. The Bertz CT molecular complexity index is 2230. The number of rotatable bonds is 7. The van der Waals surface area contributed by atoms with E-state index in [0.717, 1.165) is 82.1 Å². The third-order valence-electron chi connectivity index (χ3n) is 13.4. The van der Waals surface area contributed by atoms with Gasteiger partial charge in [-0.25, -0.2) is 4.98 Å². The van der Waals surface area contributed by atoms with Crippen LogP contribution in [0.25, 0.3) is 0 Å². The summed E-state index contributed by atoms with van der Waals surface area (Å²) in [6, 6.07) is 28.2. The van der Waals surface area contributed by atoms with Crippen LogP contribution < -0.4 is 29.9 Å². The first-order valence-electron chi connectivity index (χ1n) is 21.0. The summed E-state index contributed by atoms with van der Waals surface area (Å²) in [7, 11) is 0. The monoisotopic (exact) mass is 798 g/mol. The van der Waals surface area contributed by atoms with Gasteiger partial charge < -0.3 is 34.4 Å². The lowest BCUT2D eigenvalue weighted by atomic mass is 9.76. The summed E-state index contributed by atoms with van der Waals surface area (Å²) < 4.78 is 19.0. The van der Waals surface area contributed by atoms with Crippen molar-refractivity contribution in [3.05, 3.63) is 107 Å². The molecule has 0 bridgehead atoms. The van der Waals surface area contributed by atoms with Gasteiger partial charge in [-0.1, -0.05) is 48.5 Å². The zero-order valence-corrected chi connectivity index (χ0v) is 33.1. The minimum Gasteiger partial charge on any atom is -0.508 e. The van der Waals surface area contributed by atoms with E-state index in [1.165, 1.54) is 16.8 Å². The van der Waals surface area contributed by atoms with Crippen molar-refractivity contribution in [2.24, 2.45) is 5.92 Å². The molecular weight excluding hydrogens is 749 g/mol. The highest BCUT2D eigenvalue weighted by molar-refractivity contribution is 6.03. The summed E-state index contributed by atoms with van der Waals surface area (Å²) >= 11 is 0. The fraction of sp³-hybridized carbons (Fsp3) is 0.435. The maximum Gasteiger partial charge on any atom is 0.270 e. The van der Waals surface area contributed by atoms with Crippen LogP contribution in [0.5, 0.6) is 17.4 Å². The van der Waals surface area contributed by atoms with E-state index < -0.39 is 17.9 Å². The zero-order valence-electron chi connectivity index (χ0n) is 33.1. The molecule has 3 amide bonds. The maximum absolute atomic E-state index is 12.9. The van der Waals surface area contributed by atoms with Crippen LogP contribution in [0.1, 0.15) is 71.1 Å². The van der Waals surface area contributed by atoms with Crippen molar-refractivity contribution in [1.29, 1.82) is 0 Å². The summed E-state index contributed by atoms with van der Waals surface area (Å²) in [5, 5.41) is 15.1. The van der Waals surface area contributed by atoms with Gasteiger partial charge in [0.1, 0.15) is 35.5 Å². The second-order valence-corrected chi connectivity index (χ2v) is 17.1. The number of amides is 3. The maximum atomic E-state index is 12.9. The molecule has 7 heterocycles. The van der Waals surface area contributed by atoms with Gasteiger partial charge in [-0.3, -0.25) is 24.6 Å². The number of aromatic hydroxyl groups is 1. The van der Waals surface area contributed by atoms with Crippen molar-refractivity contribution < 1.29 is 33.7 Å². The largest absolute Gasteiger partial charge is 0.508 e. The molecule has 10 rings (SSSR count). The average molecular weight is 799 g/mol. The summed E-state index contributed by atoms with van der Waals surface area (Å²) in [5.74, 6) is 0.893. The molecular formula is C46H50N6O7. The molecule has 59 heavy (non-hydrogen) atoms. The Morgan fingerprint density at radius 1 is 0.898 bits per heavy atom. The fourth-order valence-electron chi connectivity index (χ4n) is 10.3. The number of pyridine rings is 1. The Hall–Kier alpha value is -5.66. The average Bonchev–Trinajstić information content (AvgIpc) is 3.65. The van der Waals surface area contributed by atoms with Crippen LogP contribution >= 0.6 is 0 Å². The van der Waals surface area contributed by atoms with Crippen LogP contribution in [-0.4, -0.2) is 109 Å². The number of phenolic OH excluding ortho intramolecular Hbond substituents is 1. The quantitative estimate of drug-likeness (QED) is 0.226. The normalized spacial score (nSPS) is 26.2. The molecule has 306 valence electrons. The topological polar surface area (TPSA) is 146 Å². The summed E-state index contributed by atoms with van der Waals surface area (Å²) in [5.41, 5.74) is 5.84. The number of carbonyl (C=O) groups is 3. The standard InChI is InChI=1S/C46H50N6O7/c53-34-10-11-35-40(22-34)57-28-36(30-4-2-1-3-5-30)42(35)31-6-8-32(9-7-31)51-18-16-46(17-19-51)23-29(26-59-46)24-50-20-21-52-33(25-50)27-58-45-39(52)14-12-38(48-45)43(55)47-37-13-15-41(54)49-44(37)56/h1-12,14,22,29,33,36-37,42,53H,13,15-21,23-28H2,(H,47,55)(H,49,54,56)/t29-,33-,36-,37+,42-/m1/s1. The van der Waals surface area contributed by atoms with E-state index >= 15 is 0 Å². The van der Waals surface area contributed by atoms with E-state index in [0.29, 0.717) is 25.0 Å². The molecule has 0 radical (unpaired) electrons. The lowest BCUT2D eigenvalue weighted by Crippen LogP contribution is -2.58. The fourth-order valence-corrected chi connectivity index (χ4v) is 10.3. The molecule has 3 aromatic carbocycles. The highest BCUT2D eigenvalue weighted by atomic mass is 16.5. The molecule has 0 saturated carbocycles. The summed E-state index contributed by atoms with van der Waals surface area (Å²) in [4.78, 5) is 48.4. The number of nitrogens with one attached hydrogen (secondary N) is 2. The van der Waals surface area contributed by atoms with Crippen molar-refractivity contribution in [3.8, 4) is 17.4 Å². The third-order valence-corrected chi connectivity index (χ3v) is 13.4. The highest BCUT2D eigenvalue weighted by Gasteiger charge is 2.44. The van der Waals surface area contributed by atoms with Crippen LogP contribution in [0.3, 0.4) is 0 Å². The second-order valence-electron chi connectivity index (χ2n) is 17.1. The second kappa shape index (κ2) is 15.5. The van der Waals surface area contributed by atoms with Crippen molar-refractivity contribution in [2.75, 3.05) is 68.9 Å². The molecule has 0 unspecified atom stereocenters. The van der Waals surface area contributed by atoms with Gasteiger partial charge in [0.05, 0.1) is 24.9 Å². The van der Waals surface area contributed by atoms with Crippen LogP contribution in [0.2, 0.25) is 0 Å². The number of hydrogen-bond donors (Lipinski definition) is 3. The SMILES string of the molecule is O=C1CC[C@H](NC(=O)c2ccc3c(n2)OC[C@H]2CN(C[C@@H]4COC5(CCN(c6ccc([C@@H]7c8ccc(O)cc8OC[C@@H]7c7ccccc7)cc6)CC5)C4)CCN32)C(=O)N1. The molecule has 1 aromatic heterocycles. The van der Waals surface area contributed by atoms with Crippen LogP contribution in [0.15, 0.2) is 84.9 Å². The van der Waals surface area contributed by atoms with Gasteiger partial charge in [-0.2, -0.15) is 0 Å². The van der Waals surface area contributed by atoms with Gasteiger partial charge in [-0.15, -0.1) is 0 Å². The van der Waals surface area contributed by atoms with E-state index in [1.807, 2.05) is 18.2 Å². The first-order chi connectivity index (χ1) is 28.8. The molecule has 4 saturated heterocycles. The first kappa shape index (κ1) is 37.6. The van der Waals surface area contributed by atoms with E-state index in [2.05, 4.69) is 78.8 Å². The Balaban J connectivity index is 0.725. The number of nitrogens with zero attached hydrogens (tertiary/aromatic N) is 4. The van der Waals surface area contributed by atoms with E-state index in [1.54, 1.807) is 18.2 Å². The van der Waals surface area contributed by atoms with Crippen molar-refractivity contribution in [3.63, 3.8) is 0 Å². The number of carbonyl (C=O) groups excluding carboxylic acids is 3. The predicted molar refractivity (Wildman–Crippen MR) is 220 cm³/mol. The smallest absolute Gasteiger partial charge is 0.270 e. The van der Waals surface area contributed by atoms with E-state index in [9.17, 15) is 19.5 Å². The zero-order chi connectivity index (χ0) is 40.1. The van der Waals surface area contributed by atoms with E-state index in [-0.39, 0.29) is 53.7 Å². The molecule has 3 N–H and O–H groups in total. The van der Waals surface area contributed by atoms with Crippen molar-refractivity contribution in [1.82, 2.24) is 20.5 Å². The Morgan fingerprint density at radius 2 is 1.73 bits per heavy atom. The third kappa shape index (κ3) is 7.46. The molecule has 5 atom stereocenters. The van der Waals surface area contributed by atoms with Crippen LogP contribution in [-0.2, 0) is 14.3 Å². The highest BCUT2D eigenvalue weighted by Crippen LogP contribution is 2.47. The summed E-state index contributed by atoms with van der Waals surface area (Å²) in [6.07, 6.45) is 3.57. The molecule has 0 aliphatic carbocycles. The first-order valence-corrected chi connectivity index (χ1v) is 21.0. The van der Waals surface area contributed by atoms with Gasteiger partial charge in [0.15, 0.2) is 0 Å². The van der Waals surface area contributed by atoms with Gasteiger partial charge in [0.2, 0.25) is 17.7 Å². The Kier molecular flexibility index (Phi) is 9.88. The predicted octanol–water partition coefficient (Wildman–Crippen LogP) is 4.59. The lowest BCUT2D eigenvalue weighted by Gasteiger charge is -2.45. The van der Waals surface area contributed by atoms with Crippen molar-refractivity contribution >= 4 is 29.1 Å². The van der Waals surface area contributed by atoms with Gasteiger partial charge in [0, 0.05) is 74.8 Å². The van der Waals surface area contributed by atoms with Gasteiger partial charge >= 0.3 is 0 Å². The minimum atomic E-state index is -0.761.